The SMILES string of the molecule is CC1CCN(CCN(C)C)CC1. The summed E-state index contributed by atoms with van der Waals surface area (Å²) in [5, 5.41) is 0. The minimum Gasteiger partial charge on any atom is -0.308 e. The maximum atomic E-state index is 2.58. The van der Waals surface area contributed by atoms with Gasteiger partial charge in [-0.2, -0.15) is 0 Å². The molecule has 0 N–H and O–H groups in total. The second kappa shape index (κ2) is 4.83. The lowest BCUT2D eigenvalue weighted by atomic mass is 9.99. The molecule has 1 aliphatic rings. The Balaban J connectivity index is 2.09. The normalized spacial score (nSPS) is 22.0. The number of nitrogens with zero attached hydrogens (tertiary/aromatic N) is 2. The van der Waals surface area contributed by atoms with E-state index in [2.05, 4.69) is 30.8 Å². The van der Waals surface area contributed by atoms with Crippen LogP contribution in [0.1, 0.15) is 19.8 Å². The summed E-state index contributed by atoms with van der Waals surface area (Å²) in [5.41, 5.74) is 0. The molecule has 1 rings (SSSR count). The van der Waals surface area contributed by atoms with Crippen molar-refractivity contribution in [2.24, 2.45) is 5.92 Å². The van der Waals surface area contributed by atoms with Crippen molar-refractivity contribution in [2.45, 2.75) is 19.8 Å². The largest absolute Gasteiger partial charge is 0.308 e. The van der Waals surface area contributed by atoms with Crippen molar-refractivity contribution in [3.8, 4) is 0 Å². The molecule has 0 radical (unpaired) electrons. The van der Waals surface area contributed by atoms with Crippen LogP contribution < -0.4 is 0 Å². The Hall–Kier alpha value is -0.0800. The molecule has 0 bridgehead atoms. The third-order valence-corrected chi connectivity index (χ3v) is 2.74. The van der Waals surface area contributed by atoms with Crippen molar-refractivity contribution in [3.63, 3.8) is 0 Å². The average molecular weight is 170 g/mol. The maximum Gasteiger partial charge on any atom is 0.0109 e. The summed E-state index contributed by atoms with van der Waals surface area (Å²) < 4.78 is 0. The summed E-state index contributed by atoms with van der Waals surface area (Å²) in [6.45, 7) is 7.45. The Morgan fingerprint density at radius 2 is 1.83 bits per heavy atom. The lowest BCUT2D eigenvalue weighted by Gasteiger charge is -2.30. The number of hydrogen-bond acceptors (Lipinski definition) is 2. The Labute approximate surface area is 76.5 Å². The van der Waals surface area contributed by atoms with Gasteiger partial charge in [-0.1, -0.05) is 6.92 Å². The van der Waals surface area contributed by atoms with Crippen LogP contribution in [0.2, 0.25) is 0 Å². The van der Waals surface area contributed by atoms with E-state index in [0.29, 0.717) is 0 Å². The highest BCUT2D eigenvalue weighted by Gasteiger charge is 2.14. The molecular weight excluding hydrogens is 148 g/mol. The molecule has 2 nitrogen and oxygen atoms in total. The molecule has 0 saturated carbocycles. The summed E-state index contributed by atoms with van der Waals surface area (Å²) >= 11 is 0. The lowest BCUT2D eigenvalue weighted by Crippen LogP contribution is -2.37. The molecule has 0 aliphatic carbocycles. The number of rotatable bonds is 3. The van der Waals surface area contributed by atoms with E-state index >= 15 is 0 Å². The molecular formula is C10H22N2. The van der Waals surface area contributed by atoms with Gasteiger partial charge in [-0.15, -0.1) is 0 Å². The first-order chi connectivity index (χ1) is 5.68. The Bertz CT molecular complexity index is 115. The molecule has 0 spiro atoms. The van der Waals surface area contributed by atoms with Crippen molar-refractivity contribution >= 4 is 0 Å². The molecule has 0 aromatic heterocycles. The zero-order valence-electron chi connectivity index (χ0n) is 8.71. The quantitative estimate of drug-likeness (QED) is 0.629. The van der Waals surface area contributed by atoms with E-state index in [1.54, 1.807) is 0 Å². The first kappa shape index (κ1) is 10.0. The van der Waals surface area contributed by atoms with Gasteiger partial charge in [0.25, 0.3) is 0 Å². The van der Waals surface area contributed by atoms with Crippen LogP contribution in [0.5, 0.6) is 0 Å². The Morgan fingerprint density at radius 1 is 1.25 bits per heavy atom. The second-order valence-corrected chi connectivity index (χ2v) is 4.33. The number of hydrogen-bond donors (Lipinski definition) is 0. The van der Waals surface area contributed by atoms with Crippen LogP contribution in [0.15, 0.2) is 0 Å². The molecule has 12 heavy (non-hydrogen) atoms. The number of piperidine rings is 1. The molecule has 0 unspecified atom stereocenters. The third-order valence-electron chi connectivity index (χ3n) is 2.74. The standard InChI is InChI=1S/C10H22N2/c1-10-4-6-12(7-5-10)9-8-11(2)3/h10H,4-9H2,1-3H3. The van der Waals surface area contributed by atoms with Crippen molar-refractivity contribution in [1.82, 2.24) is 9.80 Å². The highest BCUT2D eigenvalue weighted by atomic mass is 15.2. The molecule has 72 valence electrons. The van der Waals surface area contributed by atoms with Crippen LogP contribution in [0.25, 0.3) is 0 Å². The van der Waals surface area contributed by atoms with Gasteiger partial charge in [-0.3, -0.25) is 0 Å². The van der Waals surface area contributed by atoms with E-state index < -0.39 is 0 Å². The molecule has 1 fully saturated rings. The highest BCUT2D eigenvalue weighted by molar-refractivity contribution is 4.69. The van der Waals surface area contributed by atoms with E-state index in [9.17, 15) is 0 Å². The monoisotopic (exact) mass is 170 g/mol. The smallest absolute Gasteiger partial charge is 0.0109 e. The molecule has 0 atom stereocenters. The van der Waals surface area contributed by atoms with Crippen molar-refractivity contribution in [3.05, 3.63) is 0 Å². The van der Waals surface area contributed by atoms with Gasteiger partial charge in [0.1, 0.15) is 0 Å². The summed E-state index contributed by atoms with van der Waals surface area (Å²) in [5.74, 6) is 0.959. The van der Waals surface area contributed by atoms with Gasteiger partial charge in [0.05, 0.1) is 0 Å². The minimum absolute atomic E-state index is 0.959. The van der Waals surface area contributed by atoms with Crippen LogP contribution in [0.3, 0.4) is 0 Å². The molecule has 1 aliphatic heterocycles. The van der Waals surface area contributed by atoms with Crippen LogP contribution in [-0.4, -0.2) is 50.1 Å². The molecule has 0 aromatic rings. The molecule has 1 heterocycles. The molecule has 1 saturated heterocycles. The van der Waals surface area contributed by atoms with Crippen LogP contribution in [0, 0.1) is 5.92 Å². The molecule has 0 aromatic carbocycles. The molecule has 2 heteroatoms. The van der Waals surface area contributed by atoms with Gasteiger partial charge in [-0.05, 0) is 45.9 Å². The first-order valence-electron chi connectivity index (χ1n) is 5.05. The van der Waals surface area contributed by atoms with Gasteiger partial charge in [0.2, 0.25) is 0 Å². The summed E-state index contributed by atoms with van der Waals surface area (Å²) in [6, 6.07) is 0. The highest BCUT2D eigenvalue weighted by Crippen LogP contribution is 2.15. The first-order valence-corrected chi connectivity index (χ1v) is 5.05. The fourth-order valence-corrected chi connectivity index (χ4v) is 1.63. The fourth-order valence-electron chi connectivity index (χ4n) is 1.63. The maximum absolute atomic E-state index is 2.58. The summed E-state index contributed by atoms with van der Waals surface area (Å²) in [7, 11) is 4.29. The van der Waals surface area contributed by atoms with Crippen LogP contribution in [-0.2, 0) is 0 Å². The lowest BCUT2D eigenvalue weighted by molar-refractivity contribution is 0.177. The minimum atomic E-state index is 0.959. The second-order valence-electron chi connectivity index (χ2n) is 4.33. The van der Waals surface area contributed by atoms with E-state index in [1.165, 1.54) is 39.0 Å². The van der Waals surface area contributed by atoms with Crippen molar-refractivity contribution in [1.29, 1.82) is 0 Å². The number of likely N-dealkylation sites (tertiary alicyclic amines) is 1. The van der Waals surface area contributed by atoms with E-state index in [-0.39, 0.29) is 0 Å². The van der Waals surface area contributed by atoms with E-state index in [1.807, 2.05) is 0 Å². The Morgan fingerprint density at radius 3 is 2.33 bits per heavy atom. The van der Waals surface area contributed by atoms with E-state index in [4.69, 9.17) is 0 Å². The van der Waals surface area contributed by atoms with Crippen molar-refractivity contribution in [2.75, 3.05) is 40.3 Å². The van der Waals surface area contributed by atoms with Gasteiger partial charge in [-0.25, -0.2) is 0 Å². The van der Waals surface area contributed by atoms with Gasteiger partial charge >= 0.3 is 0 Å². The van der Waals surface area contributed by atoms with Gasteiger partial charge < -0.3 is 9.80 Å². The summed E-state index contributed by atoms with van der Waals surface area (Å²) in [4.78, 5) is 4.85. The molecule has 0 amide bonds. The van der Waals surface area contributed by atoms with Crippen LogP contribution in [0.4, 0.5) is 0 Å². The fraction of sp³-hybridized carbons (Fsp3) is 1.00. The van der Waals surface area contributed by atoms with Gasteiger partial charge in [0, 0.05) is 13.1 Å². The third kappa shape index (κ3) is 3.55. The zero-order valence-corrected chi connectivity index (χ0v) is 8.71. The predicted molar refractivity (Wildman–Crippen MR) is 53.4 cm³/mol. The van der Waals surface area contributed by atoms with Crippen LogP contribution >= 0.6 is 0 Å². The van der Waals surface area contributed by atoms with Crippen molar-refractivity contribution < 1.29 is 0 Å². The predicted octanol–water partition coefficient (Wildman–Crippen LogP) is 1.28. The topological polar surface area (TPSA) is 6.48 Å². The number of likely N-dealkylation sites (N-methyl/N-ethyl adjacent to an activating group) is 1. The zero-order chi connectivity index (χ0) is 8.97. The van der Waals surface area contributed by atoms with Gasteiger partial charge in [0.15, 0.2) is 0 Å². The average Bonchev–Trinajstić information content (AvgIpc) is 2.03. The van der Waals surface area contributed by atoms with E-state index in [0.717, 1.165) is 5.92 Å². The Kier molecular flexibility index (Phi) is 4.02. The summed E-state index contributed by atoms with van der Waals surface area (Å²) in [6.07, 6.45) is 2.79.